The molecule has 0 saturated carbocycles. The van der Waals surface area contributed by atoms with Gasteiger partial charge in [0, 0.05) is 5.69 Å². The molecule has 0 spiro atoms. The van der Waals surface area contributed by atoms with E-state index >= 15 is 0 Å². The van der Waals surface area contributed by atoms with Crippen LogP contribution in [0.1, 0.15) is 18.1 Å². The maximum Gasteiger partial charge on any atom is 0.0316 e. The van der Waals surface area contributed by atoms with Crippen molar-refractivity contribution < 1.29 is 0 Å². The van der Waals surface area contributed by atoms with E-state index in [4.69, 9.17) is 5.73 Å². The monoisotopic (exact) mass is 161 g/mol. The summed E-state index contributed by atoms with van der Waals surface area (Å²) in [7, 11) is 0. The molecular weight excluding hydrogens is 146 g/mol. The maximum atomic E-state index is 5.67. The Morgan fingerprint density at radius 1 is 1.42 bits per heavy atom. The number of nitrogen functional groups attached to an aromatic ring is 1. The maximum absolute atomic E-state index is 5.67. The van der Waals surface area contributed by atoms with E-state index in [1.165, 1.54) is 11.1 Å². The van der Waals surface area contributed by atoms with Crippen molar-refractivity contribution in [1.29, 1.82) is 0 Å². The van der Waals surface area contributed by atoms with Crippen molar-refractivity contribution in [1.82, 2.24) is 0 Å². The van der Waals surface area contributed by atoms with Crippen LogP contribution in [0.2, 0.25) is 0 Å². The average Bonchev–Trinajstić information content (AvgIpc) is 2.08. The number of anilines is 1. The Hall–Kier alpha value is -1.24. The Morgan fingerprint density at radius 3 is 2.75 bits per heavy atom. The van der Waals surface area contributed by atoms with E-state index in [0.29, 0.717) is 0 Å². The first-order valence-corrected chi connectivity index (χ1v) is 4.26. The molecule has 1 rings (SSSR count). The minimum atomic E-state index is 0.847. The summed E-state index contributed by atoms with van der Waals surface area (Å²) in [6.45, 7) is 5.86. The number of rotatable bonds is 3. The predicted octanol–water partition coefficient (Wildman–Crippen LogP) is 2.56. The fraction of sp³-hybridized carbons (Fsp3) is 0.273. The van der Waals surface area contributed by atoms with Gasteiger partial charge in [0.2, 0.25) is 0 Å². The molecule has 0 unspecified atom stereocenters. The normalized spacial score (nSPS) is 9.75. The fourth-order valence-electron chi connectivity index (χ4n) is 1.33. The van der Waals surface area contributed by atoms with Crippen molar-refractivity contribution in [2.45, 2.75) is 19.8 Å². The molecule has 1 aromatic carbocycles. The van der Waals surface area contributed by atoms with Gasteiger partial charge < -0.3 is 5.73 Å². The molecule has 0 radical (unpaired) electrons. The highest BCUT2D eigenvalue weighted by Crippen LogP contribution is 2.14. The van der Waals surface area contributed by atoms with Gasteiger partial charge in [0.25, 0.3) is 0 Å². The van der Waals surface area contributed by atoms with Crippen molar-refractivity contribution in [2.75, 3.05) is 5.73 Å². The van der Waals surface area contributed by atoms with Crippen LogP contribution in [0.4, 0.5) is 5.69 Å². The van der Waals surface area contributed by atoms with Crippen molar-refractivity contribution in [3.05, 3.63) is 42.0 Å². The van der Waals surface area contributed by atoms with Crippen molar-refractivity contribution in [3.8, 4) is 0 Å². The Morgan fingerprint density at radius 2 is 2.17 bits per heavy atom. The zero-order chi connectivity index (χ0) is 8.97. The lowest BCUT2D eigenvalue weighted by Crippen LogP contribution is -1.93. The van der Waals surface area contributed by atoms with Crippen LogP contribution in [0.25, 0.3) is 0 Å². The van der Waals surface area contributed by atoms with E-state index in [1.54, 1.807) is 0 Å². The van der Waals surface area contributed by atoms with E-state index in [0.717, 1.165) is 18.5 Å². The molecule has 0 fully saturated rings. The van der Waals surface area contributed by atoms with Gasteiger partial charge in [-0.25, -0.2) is 0 Å². The average molecular weight is 161 g/mol. The summed E-state index contributed by atoms with van der Waals surface area (Å²) in [6.07, 6.45) is 3.89. The topological polar surface area (TPSA) is 26.0 Å². The quantitative estimate of drug-likeness (QED) is 0.535. The van der Waals surface area contributed by atoms with Crippen LogP contribution in [0, 0.1) is 0 Å². The summed E-state index contributed by atoms with van der Waals surface area (Å²) in [6, 6.07) is 6.06. The highest BCUT2D eigenvalue weighted by Gasteiger charge is 1.98. The predicted molar refractivity (Wildman–Crippen MR) is 54.1 cm³/mol. The van der Waals surface area contributed by atoms with Crippen LogP contribution in [-0.4, -0.2) is 0 Å². The first kappa shape index (κ1) is 8.85. The molecule has 0 saturated heterocycles. The van der Waals surface area contributed by atoms with Crippen LogP contribution in [0.5, 0.6) is 0 Å². The third-order valence-electron chi connectivity index (χ3n) is 1.98. The fourth-order valence-corrected chi connectivity index (χ4v) is 1.33. The summed E-state index contributed by atoms with van der Waals surface area (Å²) in [5.41, 5.74) is 9.18. The Labute approximate surface area is 73.9 Å². The lowest BCUT2D eigenvalue weighted by molar-refractivity contribution is 1.08. The Bertz CT molecular complexity index is 276. The van der Waals surface area contributed by atoms with Gasteiger partial charge in [-0.15, -0.1) is 6.58 Å². The van der Waals surface area contributed by atoms with Crippen LogP contribution in [-0.2, 0) is 12.8 Å². The van der Waals surface area contributed by atoms with Crippen LogP contribution < -0.4 is 5.73 Å². The van der Waals surface area contributed by atoms with Crippen LogP contribution in [0.15, 0.2) is 30.9 Å². The zero-order valence-corrected chi connectivity index (χ0v) is 7.51. The van der Waals surface area contributed by atoms with Crippen molar-refractivity contribution in [3.63, 3.8) is 0 Å². The summed E-state index contributed by atoms with van der Waals surface area (Å²) in [5, 5.41) is 0. The minimum Gasteiger partial charge on any atom is -0.399 e. The SMILES string of the molecule is C=CCc1ccc(N)cc1CC. The molecule has 0 heterocycles. The Kier molecular flexibility index (Phi) is 2.92. The van der Waals surface area contributed by atoms with Gasteiger partial charge in [-0.1, -0.05) is 19.1 Å². The van der Waals surface area contributed by atoms with Gasteiger partial charge in [0.1, 0.15) is 0 Å². The first-order chi connectivity index (χ1) is 5.77. The van der Waals surface area contributed by atoms with Gasteiger partial charge in [0.15, 0.2) is 0 Å². The second kappa shape index (κ2) is 3.96. The number of allylic oxidation sites excluding steroid dienone is 1. The lowest BCUT2D eigenvalue weighted by atomic mass is 10.0. The number of hydrogen-bond acceptors (Lipinski definition) is 1. The summed E-state index contributed by atoms with van der Waals surface area (Å²) >= 11 is 0. The summed E-state index contributed by atoms with van der Waals surface area (Å²) in [4.78, 5) is 0. The van der Waals surface area contributed by atoms with E-state index in [-0.39, 0.29) is 0 Å². The van der Waals surface area contributed by atoms with Crippen molar-refractivity contribution >= 4 is 5.69 Å². The molecule has 0 atom stereocenters. The van der Waals surface area contributed by atoms with Crippen LogP contribution >= 0.6 is 0 Å². The van der Waals surface area contributed by atoms with E-state index in [9.17, 15) is 0 Å². The molecule has 1 heteroatoms. The molecule has 0 aliphatic rings. The summed E-state index contributed by atoms with van der Waals surface area (Å²) in [5.74, 6) is 0. The second-order valence-electron chi connectivity index (χ2n) is 2.87. The highest BCUT2D eigenvalue weighted by molar-refractivity contribution is 5.45. The largest absolute Gasteiger partial charge is 0.399 e. The van der Waals surface area contributed by atoms with Gasteiger partial charge in [-0.05, 0) is 36.1 Å². The third-order valence-corrected chi connectivity index (χ3v) is 1.98. The first-order valence-electron chi connectivity index (χ1n) is 4.26. The molecule has 0 bridgehead atoms. The standard InChI is InChI=1S/C11H15N/c1-3-5-10-6-7-11(12)8-9(10)4-2/h3,6-8H,1,4-5,12H2,2H3. The molecule has 12 heavy (non-hydrogen) atoms. The van der Waals surface area contributed by atoms with Gasteiger partial charge in [-0.2, -0.15) is 0 Å². The smallest absolute Gasteiger partial charge is 0.0316 e. The van der Waals surface area contributed by atoms with E-state index in [1.807, 2.05) is 18.2 Å². The Balaban J connectivity index is 3.01. The van der Waals surface area contributed by atoms with Crippen molar-refractivity contribution in [2.24, 2.45) is 0 Å². The van der Waals surface area contributed by atoms with Crippen LogP contribution in [0.3, 0.4) is 0 Å². The number of aryl methyl sites for hydroxylation is 1. The van der Waals surface area contributed by atoms with Gasteiger partial charge in [0.05, 0.1) is 0 Å². The number of benzene rings is 1. The molecule has 0 aliphatic heterocycles. The minimum absolute atomic E-state index is 0.847. The third kappa shape index (κ3) is 1.88. The second-order valence-corrected chi connectivity index (χ2v) is 2.87. The number of hydrogen-bond donors (Lipinski definition) is 1. The zero-order valence-electron chi connectivity index (χ0n) is 7.51. The van der Waals surface area contributed by atoms with E-state index in [2.05, 4.69) is 19.6 Å². The lowest BCUT2D eigenvalue weighted by Gasteiger charge is -2.05. The number of nitrogens with two attached hydrogens (primary N) is 1. The molecule has 0 aromatic heterocycles. The highest BCUT2D eigenvalue weighted by atomic mass is 14.5. The summed E-state index contributed by atoms with van der Waals surface area (Å²) < 4.78 is 0. The molecule has 1 aromatic rings. The molecule has 0 amide bonds. The van der Waals surface area contributed by atoms with Gasteiger partial charge >= 0.3 is 0 Å². The molecule has 64 valence electrons. The molecular formula is C11H15N. The van der Waals surface area contributed by atoms with Gasteiger partial charge in [-0.3, -0.25) is 0 Å². The molecule has 0 aliphatic carbocycles. The van der Waals surface area contributed by atoms with E-state index < -0.39 is 0 Å². The molecule has 2 N–H and O–H groups in total. The molecule has 1 nitrogen and oxygen atoms in total.